The van der Waals surface area contributed by atoms with Crippen molar-refractivity contribution in [2.75, 3.05) is 6.61 Å². The fourth-order valence-corrected chi connectivity index (χ4v) is 2.96. The van der Waals surface area contributed by atoms with Crippen molar-refractivity contribution in [1.29, 1.82) is 0 Å². The molecule has 5 heteroatoms. The molecule has 0 spiro atoms. The molecule has 0 unspecified atom stereocenters. The number of rotatable bonds is 6. The predicted molar refractivity (Wildman–Crippen MR) is 96.1 cm³/mol. The zero-order valence-corrected chi connectivity index (χ0v) is 14.2. The first-order chi connectivity index (χ1) is 11.7. The summed E-state index contributed by atoms with van der Waals surface area (Å²) in [4.78, 5) is 16.4. The van der Waals surface area contributed by atoms with E-state index < -0.39 is 0 Å². The van der Waals surface area contributed by atoms with Crippen LogP contribution in [0.3, 0.4) is 0 Å². The quantitative estimate of drug-likeness (QED) is 0.743. The summed E-state index contributed by atoms with van der Waals surface area (Å²) in [7, 11) is 0. The summed E-state index contributed by atoms with van der Waals surface area (Å²) in [5.74, 6) is 0.540. The lowest BCUT2D eigenvalue weighted by Crippen LogP contribution is -2.28. The highest BCUT2D eigenvalue weighted by atomic mass is 32.1. The molecule has 0 bridgehead atoms. The van der Waals surface area contributed by atoms with Crippen LogP contribution >= 0.6 is 11.3 Å². The minimum Gasteiger partial charge on any atom is -0.484 e. The molecule has 1 aromatic heterocycles. The van der Waals surface area contributed by atoms with Crippen LogP contribution in [-0.4, -0.2) is 17.5 Å². The van der Waals surface area contributed by atoms with Gasteiger partial charge in [-0.3, -0.25) is 4.79 Å². The average Bonchev–Trinajstić information content (AvgIpc) is 3.08. The summed E-state index contributed by atoms with van der Waals surface area (Å²) >= 11 is 1.54. The summed E-state index contributed by atoms with van der Waals surface area (Å²) in [6.07, 6.45) is 0. The van der Waals surface area contributed by atoms with Crippen LogP contribution in [0.2, 0.25) is 0 Å². The molecule has 0 aliphatic rings. The molecule has 0 fully saturated rings. The van der Waals surface area contributed by atoms with Gasteiger partial charge in [0.15, 0.2) is 6.61 Å². The van der Waals surface area contributed by atoms with Gasteiger partial charge in [-0.05, 0) is 24.6 Å². The molecule has 24 heavy (non-hydrogen) atoms. The first-order valence-corrected chi connectivity index (χ1v) is 8.55. The summed E-state index contributed by atoms with van der Waals surface area (Å²) in [5.41, 5.74) is 3.11. The molecule has 0 aliphatic heterocycles. The highest BCUT2D eigenvalue weighted by Crippen LogP contribution is 2.21. The van der Waals surface area contributed by atoms with Gasteiger partial charge in [-0.2, -0.15) is 0 Å². The van der Waals surface area contributed by atoms with E-state index in [1.54, 1.807) is 0 Å². The lowest BCUT2D eigenvalue weighted by atomic mass is 10.2. The van der Waals surface area contributed by atoms with Gasteiger partial charge >= 0.3 is 0 Å². The van der Waals surface area contributed by atoms with Crippen molar-refractivity contribution in [3.05, 3.63) is 70.5 Å². The molecule has 4 nitrogen and oxygen atoms in total. The molecule has 1 N–H and O–H groups in total. The number of hydrogen-bond donors (Lipinski definition) is 1. The molecule has 0 saturated carbocycles. The summed E-state index contributed by atoms with van der Waals surface area (Å²) in [6, 6.07) is 17.6. The van der Waals surface area contributed by atoms with E-state index in [9.17, 15) is 4.79 Å². The third kappa shape index (κ3) is 4.43. The highest BCUT2D eigenvalue weighted by Gasteiger charge is 2.07. The normalized spacial score (nSPS) is 10.4. The summed E-state index contributed by atoms with van der Waals surface area (Å²) in [6.45, 7) is 2.40. The Kier molecular flexibility index (Phi) is 5.23. The van der Waals surface area contributed by atoms with E-state index in [1.165, 1.54) is 11.3 Å². The first kappa shape index (κ1) is 16.2. The maximum absolute atomic E-state index is 11.9. The van der Waals surface area contributed by atoms with E-state index in [-0.39, 0.29) is 12.5 Å². The number of nitrogens with zero attached hydrogens (tertiary/aromatic N) is 1. The highest BCUT2D eigenvalue weighted by molar-refractivity contribution is 7.09. The molecule has 0 aliphatic carbocycles. The Hall–Kier alpha value is -2.66. The van der Waals surface area contributed by atoms with Crippen LogP contribution in [0.25, 0.3) is 11.3 Å². The van der Waals surface area contributed by atoms with Gasteiger partial charge in [0.2, 0.25) is 0 Å². The Balaban J connectivity index is 1.49. The first-order valence-electron chi connectivity index (χ1n) is 7.67. The maximum atomic E-state index is 11.9. The van der Waals surface area contributed by atoms with Crippen molar-refractivity contribution >= 4 is 17.2 Å². The van der Waals surface area contributed by atoms with E-state index in [1.807, 2.05) is 66.9 Å². The number of amides is 1. The molecule has 0 saturated heterocycles. The second kappa shape index (κ2) is 7.75. The third-order valence-electron chi connectivity index (χ3n) is 3.42. The minimum atomic E-state index is -0.159. The molecular weight excluding hydrogens is 320 g/mol. The summed E-state index contributed by atoms with van der Waals surface area (Å²) in [5, 5.41) is 5.71. The molecule has 1 amide bonds. The predicted octanol–water partition coefficient (Wildman–Crippen LogP) is 3.81. The molecule has 122 valence electrons. The SMILES string of the molecule is Cc1cccc(OCC(=O)NCc2nc(-c3ccccc3)cs2)c1. The van der Waals surface area contributed by atoms with Gasteiger partial charge in [0.1, 0.15) is 10.8 Å². The van der Waals surface area contributed by atoms with Gasteiger partial charge in [-0.25, -0.2) is 4.98 Å². The van der Waals surface area contributed by atoms with Crippen LogP contribution in [0.5, 0.6) is 5.75 Å². The Morgan fingerprint density at radius 3 is 2.79 bits per heavy atom. The van der Waals surface area contributed by atoms with Crippen molar-refractivity contribution < 1.29 is 9.53 Å². The van der Waals surface area contributed by atoms with E-state index in [0.717, 1.165) is 21.8 Å². The average molecular weight is 338 g/mol. The Bertz CT molecular complexity index is 815. The van der Waals surface area contributed by atoms with E-state index >= 15 is 0 Å². The fraction of sp³-hybridized carbons (Fsp3) is 0.158. The number of benzene rings is 2. The van der Waals surface area contributed by atoms with Gasteiger partial charge in [0.05, 0.1) is 12.2 Å². The van der Waals surface area contributed by atoms with Gasteiger partial charge in [0.25, 0.3) is 5.91 Å². The zero-order chi connectivity index (χ0) is 16.8. The Morgan fingerprint density at radius 2 is 2.00 bits per heavy atom. The number of aryl methyl sites for hydroxylation is 1. The molecule has 0 radical (unpaired) electrons. The Morgan fingerprint density at radius 1 is 1.17 bits per heavy atom. The standard InChI is InChI=1S/C19H18N2O2S/c1-14-6-5-9-16(10-14)23-12-18(22)20-11-19-21-17(13-24-19)15-7-3-2-4-8-15/h2-10,13H,11-12H2,1H3,(H,20,22). The van der Waals surface area contributed by atoms with Crippen molar-refractivity contribution in [3.8, 4) is 17.0 Å². The van der Waals surface area contributed by atoms with Gasteiger partial charge in [-0.15, -0.1) is 11.3 Å². The molecule has 1 heterocycles. The lowest BCUT2D eigenvalue weighted by Gasteiger charge is -2.07. The van der Waals surface area contributed by atoms with Gasteiger partial charge < -0.3 is 10.1 Å². The smallest absolute Gasteiger partial charge is 0.258 e. The third-order valence-corrected chi connectivity index (χ3v) is 4.27. The molecule has 2 aromatic carbocycles. The van der Waals surface area contributed by atoms with Crippen molar-refractivity contribution in [2.24, 2.45) is 0 Å². The van der Waals surface area contributed by atoms with Crippen LogP contribution < -0.4 is 10.1 Å². The van der Waals surface area contributed by atoms with Crippen LogP contribution in [-0.2, 0) is 11.3 Å². The van der Waals surface area contributed by atoms with E-state index in [0.29, 0.717) is 12.3 Å². The second-order valence-corrected chi connectivity index (χ2v) is 6.32. The number of aromatic nitrogens is 1. The number of carbonyl (C=O) groups excluding carboxylic acids is 1. The molecule has 3 aromatic rings. The number of nitrogens with one attached hydrogen (secondary N) is 1. The summed E-state index contributed by atoms with van der Waals surface area (Å²) < 4.78 is 5.48. The Labute approximate surface area is 145 Å². The second-order valence-electron chi connectivity index (χ2n) is 5.37. The van der Waals surface area contributed by atoms with E-state index in [2.05, 4.69) is 10.3 Å². The zero-order valence-electron chi connectivity index (χ0n) is 13.4. The van der Waals surface area contributed by atoms with E-state index in [4.69, 9.17) is 4.74 Å². The van der Waals surface area contributed by atoms with Crippen LogP contribution in [0, 0.1) is 6.92 Å². The van der Waals surface area contributed by atoms with Gasteiger partial charge in [0, 0.05) is 10.9 Å². The maximum Gasteiger partial charge on any atom is 0.258 e. The van der Waals surface area contributed by atoms with Crippen LogP contribution in [0.4, 0.5) is 0 Å². The van der Waals surface area contributed by atoms with Crippen molar-refractivity contribution in [2.45, 2.75) is 13.5 Å². The number of thiazole rings is 1. The van der Waals surface area contributed by atoms with Crippen molar-refractivity contribution in [3.63, 3.8) is 0 Å². The van der Waals surface area contributed by atoms with Crippen molar-refractivity contribution in [1.82, 2.24) is 10.3 Å². The lowest BCUT2D eigenvalue weighted by molar-refractivity contribution is -0.123. The van der Waals surface area contributed by atoms with Crippen LogP contribution in [0.15, 0.2) is 60.0 Å². The molecule has 3 rings (SSSR count). The number of ether oxygens (including phenoxy) is 1. The topological polar surface area (TPSA) is 51.2 Å². The van der Waals surface area contributed by atoms with Crippen LogP contribution in [0.1, 0.15) is 10.6 Å². The number of hydrogen-bond acceptors (Lipinski definition) is 4. The monoisotopic (exact) mass is 338 g/mol. The van der Waals surface area contributed by atoms with Gasteiger partial charge in [-0.1, -0.05) is 42.5 Å². The molecule has 0 atom stereocenters. The minimum absolute atomic E-state index is 0.000368. The largest absolute Gasteiger partial charge is 0.484 e. The molecular formula is C19H18N2O2S. The number of carbonyl (C=O) groups is 1. The fourth-order valence-electron chi connectivity index (χ4n) is 2.21.